The fourth-order valence-corrected chi connectivity index (χ4v) is 2.19. The molecular weight excluding hydrogens is 294 g/mol. The number of phenols is 1. The largest absolute Gasteiger partial charge is 0.508 e. The number of nitriles is 1. The van der Waals surface area contributed by atoms with E-state index >= 15 is 0 Å². The predicted molar refractivity (Wildman–Crippen MR) is 71.3 cm³/mol. The van der Waals surface area contributed by atoms with Gasteiger partial charge < -0.3 is 35.0 Å². The Balaban J connectivity index is 2.15. The van der Waals surface area contributed by atoms with E-state index in [-0.39, 0.29) is 5.75 Å². The Kier molecular flexibility index (Phi) is 5.31. The minimum Gasteiger partial charge on any atom is -0.508 e. The second-order valence-electron chi connectivity index (χ2n) is 4.94. The van der Waals surface area contributed by atoms with E-state index in [0.717, 1.165) is 0 Å². The van der Waals surface area contributed by atoms with E-state index in [2.05, 4.69) is 0 Å². The van der Waals surface area contributed by atoms with Crippen molar-refractivity contribution in [2.24, 2.45) is 0 Å². The van der Waals surface area contributed by atoms with Crippen LogP contribution in [-0.2, 0) is 9.47 Å². The quantitative estimate of drug-likeness (QED) is 0.465. The number of hydrogen-bond donors (Lipinski definition) is 5. The van der Waals surface area contributed by atoms with Gasteiger partial charge in [-0.25, -0.2) is 0 Å². The van der Waals surface area contributed by atoms with Crippen molar-refractivity contribution in [3.8, 4) is 11.8 Å². The van der Waals surface area contributed by atoms with E-state index in [9.17, 15) is 25.7 Å². The zero-order valence-corrected chi connectivity index (χ0v) is 11.5. The van der Waals surface area contributed by atoms with Crippen LogP contribution >= 0.6 is 0 Å². The molecule has 8 nitrogen and oxygen atoms in total. The lowest BCUT2D eigenvalue weighted by Crippen LogP contribution is -2.59. The highest BCUT2D eigenvalue weighted by molar-refractivity contribution is 5.31. The first kappa shape index (κ1) is 16.6. The van der Waals surface area contributed by atoms with Crippen molar-refractivity contribution in [3.63, 3.8) is 0 Å². The topological polar surface area (TPSA) is 143 Å². The first-order chi connectivity index (χ1) is 10.5. The van der Waals surface area contributed by atoms with Crippen molar-refractivity contribution < 1.29 is 35.0 Å². The second kappa shape index (κ2) is 7.02. The summed E-state index contributed by atoms with van der Waals surface area (Å²) in [5.41, 5.74) is 0.333. The summed E-state index contributed by atoms with van der Waals surface area (Å²) in [6.07, 6.45) is -8.38. The minimum absolute atomic E-state index is 0.0600. The van der Waals surface area contributed by atoms with Crippen molar-refractivity contribution in [2.45, 2.75) is 36.8 Å². The average Bonchev–Trinajstić information content (AvgIpc) is 2.52. The molecule has 22 heavy (non-hydrogen) atoms. The van der Waals surface area contributed by atoms with Crippen LogP contribution in [0.1, 0.15) is 11.7 Å². The molecule has 0 radical (unpaired) electrons. The molecule has 0 unspecified atom stereocenters. The highest BCUT2D eigenvalue weighted by Crippen LogP contribution is 2.28. The third-order valence-corrected chi connectivity index (χ3v) is 3.41. The van der Waals surface area contributed by atoms with Crippen molar-refractivity contribution in [1.29, 1.82) is 5.26 Å². The Morgan fingerprint density at radius 3 is 2.55 bits per heavy atom. The highest BCUT2D eigenvalue weighted by Gasteiger charge is 2.45. The molecule has 5 N–H and O–H groups in total. The number of aromatic hydroxyl groups is 1. The fourth-order valence-electron chi connectivity index (χ4n) is 2.19. The van der Waals surface area contributed by atoms with Gasteiger partial charge in [-0.3, -0.25) is 0 Å². The maximum Gasteiger partial charge on any atom is 0.188 e. The monoisotopic (exact) mass is 311 g/mol. The lowest BCUT2D eigenvalue weighted by molar-refractivity contribution is -0.307. The molecule has 1 heterocycles. The van der Waals surface area contributed by atoms with E-state index in [1.54, 1.807) is 0 Å². The first-order valence-corrected chi connectivity index (χ1v) is 6.62. The van der Waals surface area contributed by atoms with E-state index < -0.39 is 43.4 Å². The van der Waals surface area contributed by atoms with Crippen molar-refractivity contribution in [2.75, 3.05) is 6.61 Å². The van der Waals surface area contributed by atoms with Gasteiger partial charge in [-0.1, -0.05) is 12.1 Å². The third kappa shape index (κ3) is 3.36. The summed E-state index contributed by atoms with van der Waals surface area (Å²) < 4.78 is 10.5. The minimum atomic E-state index is -1.59. The molecule has 0 bridgehead atoms. The summed E-state index contributed by atoms with van der Waals surface area (Å²) in [5.74, 6) is -0.0600. The van der Waals surface area contributed by atoms with Crippen LogP contribution in [0.4, 0.5) is 0 Å². The van der Waals surface area contributed by atoms with Gasteiger partial charge in [0.2, 0.25) is 0 Å². The molecule has 0 saturated carbocycles. The van der Waals surface area contributed by atoms with Gasteiger partial charge in [0, 0.05) is 0 Å². The molecule has 120 valence electrons. The average molecular weight is 311 g/mol. The number of aliphatic hydroxyl groups is 4. The van der Waals surface area contributed by atoms with Gasteiger partial charge in [-0.15, -0.1) is 0 Å². The molecule has 0 spiro atoms. The first-order valence-electron chi connectivity index (χ1n) is 6.62. The maximum absolute atomic E-state index is 9.87. The van der Waals surface area contributed by atoms with Gasteiger partial charge >= 0.3 is 0 Å². The zero-order chi connectivity index (χ0) is 16.3. The lowest BCUT2D eigenvalue weighted by Gasteiger charge is -2.40. The van der Waals surface area contributed by atoms with Crippen molar-refractivity contribution in [1.82, 2.24) is 0 Å². The molecule has 0 aromatic heterocycles. The Labute approximate surface area is 126 Å². The van der Waals surface area contributed by atoms with Gasteiger partial charge in [-0.05, 0) is 17.7 Å². The molecule has 8 heteroatoms. The smallest absolute Gasteiger partial charge is 0.188 e. The maximum atomic E-state index is 9.87. The second-order valence-corrected chi connectivity index (χ2v) is 4.94. The fraction of sp³-hybridized carbons (Fsp3) is 0.500. The Bertz CT molecular complexity index is 544. The van der Waals surface area contributed by atoms with Crippen molar-refractivity contribution in [3.05, 3.63) is 29.8 Å². The number of ether oxygens (including phenoxy) is 2. The molecule has 2 rings (SSSR count). The van der Waals surface area contributed by atoms with E-state index in [4.69, 9.17) is 14.6 Å². The highest BCUT2D eigenvalue weighted by atomic mass is 16.7. The van der Waals surface area contributed by atoms with E-state index in [1.807, 2.05) is 6.07 Å². The normalized spacial score (nSPS) is 33.1. The van der Waals surface area contributed by atoms with Crippen LogP contribution in [0.15, 0.2) is 24.3 Å². The molecule has 1 aromatic rings. The SMILES string of the molecule is N#C[C@@H](O[C@@H]1O[C@H](CO)[C@@H](O)[C@H](O)[C@H]1O)c1cccc(O)c1. The molecule has 1 fully saturated rings. The van der Waals surface area contributed by atoms with Gasteiger partial charge in [0.1, 0.15) is 30.2 Å². The van der Waals surface area contributed by atoms with Crippen LogP contribution in [0.5, 0.6) is 5.75 Å². The van der Waals surface area contributed by atoms with Crippen LogP contribution in [0.25, 0.3) is 0 Å². The van der Waals surface area contributed by atoms with Gasteiger partial charge in [0.05, 0.1) is 12.7 Å². The number of hydrogen-bond acceptors (Lipinski definition) is 8. The molecule has 6 atom stereocenters. The zero-order valence-electron chi connectivity index (χ0n) is 11.5. The molecular formula is C14H17NO7. The third-order valence-electron chi connectivity index (χ3n) is 3.41. The van der Waals surface area contributed by atoms with Crippen LogP contribution < -0.4 is 0 Å². The van der Waals surface area contributed by atoms with Gasteiger partial charge in [0.15, 0.2) is 12.4 Å². The lowest BCUT2D eigenvalue weighted by atomic mass is 9.99. The van der Waals surface area contributed by atoms with Crippen LogP contribution in [-0.4, -0.2) is 62.8 Å². The summed E-state index contributed by atoms with van der Waals surface area (Å²) in [6.45, 7) is -0.589. The van der Waals surface area contributed by atoms with Crippen LogP contribution in [0.3, 0.4) is 0 Å². The molecule has 1 aliphatic heterocycles. The Hall–Kier alpha value is -1.73. The van der Waals surface area contributed by atoms with E-state index in [0.29, 0.717) is 5.56 Å². The van der Waals surface area contributed by atoms with E-state index in [1.165, 1.54) is 24.3 Å². The summed E-state index contributed by atoms with van der Waals surface area (Å²) >= 11 is 0. The summed E-state index contributed by atoms with van der Waals surface area (Å²) in [5, 5.41) is 56.9. The summed E-state index contributed by atoms with van der Waals surface area (Å²) in [4.78, 5) is 0. The summed E-state index contributed by atoms with van der Waals surface area (Å²) in [7, 11) is 0. The Morgan fingerprint density at radius 2 is 1.95 bits per heavy atom. The van der Waals surface area contributed by atoms with Crippen molar-refractivity contribution >= 4 is 0 Å². The van der Waals surface area contributed by atoms with Crippen LogP contribution in [0, 0.1) is 11.3 Å². The number of benzene rings is 1. The molecule has 0 aliphatic carbocycles. The number of aliphatic hydroxyl groups excluding tert-OH is 4. The molecule has 1 aliphatic rings. The number of rotatable bonds is 4. The summed E-state index contributed by atoms with van der Waals surface area (Å²) in [6, 6.07) is 7.64. The van der Waals surface area contributed by atoms with Gasteiger partial charge in [0.25, 0.3) is 0 Å². The molecule has 1 saturated heterocycles. The van der Waals surface area contributed by atoms with Crippen LogP contribution in [0.2, 0.25) is 0 Å². The molecule has 0 amide bonds. The standard InChI is InChI=1S/C14H17NO7/c15-5-9(7-2-1-3-8(17)4-7)21-14-13(20)12(19)11(18)10(6-16)22-14/h1-4,9-14,16-20H,6H2/t9-,10-,11-,12+,13-,14-/m1/s1. The number of phenolic OH excluding ortho intramolecular Hbond substituents is 1. The van der Waals surface area contributed by atoms with Gasteiger partial charge in [-0.2, -0.15) is 5.26 Å². The number of nitrogens with zero attached hydrogens (tertiary/aromatic N) is 1. The Morgan fingerprint density at radius 1 is 1.23 bits per heavy atom. The predicted octanol–water partition coefficient (Wildman–Crippen LogP) is -1.23. The molecule has 1 aromatic carbocycles.